The van der Waals surface area contributed by atoms with Gasteiger partial charge in [-0.1, -0.05) is 13.8 Å². The Bertz CT molecular complexity index is 173. The maximum atomic E-state index is 5.34. The first-order valence-corrected chi connectivity index (χ1v) is 5.49. The van der Waals surface area contributed by atoms with E-state index in [2.05, 4.69) is 19.2 Å². The summed E-state index contributed by atoms with van der Waals surface area (Å²) in [7, 11) is 0. The molecular formula is C11H21NO. The van der Waals surface area contributed by atoms with Gasteiger partial charge in [-0.15, -0.1) is 0 Å². The van der Waals surface area contributed by atoms with Gasteiger partial charge in [-0.25, -0.2) is 0 Å². The molecule has 0 radical (unpaired) electrons. The largest absolute Gasteiger partial charge is 0.381 e. The van der Waals surface area contributed by atoms with Crippen molar-refractivity contribution < 1.29 is 4.74 Å². The first-order chi connectivity index (χ1) is 6.18. The van der Waals surface area contributed by atoms with Gasteiger partial charge in [0.25, 0.3) is 0 Å². The van der Waals surface area contributed by atoms with Crippen LogP contribution in [0.4, 0.5) is 0 Å². The summed E-state index contributed by atoms with van der Waals surface area (Å²) in [6.07, 6.45) is 3.86. The van der Waals surface area contributed by atoms with E-state index < -0.39 is 0 Å². The average molecular weight is 183 g/mol. The monoisotopic (exact) mass is 183 g/mol. The average Bonchev–Trinajstić information content (AvgIpc) is 2.73. The maximum absolute atomic E-state index is 5.34. The molecule has 1 aliphatic carbocycles. The van der Waals surface area contributed by atoms with Crippen molar-refractivity contribution in [3.05, 3.63) is 0 Å². The van der Waals surface area contributed by atoms with Crippen LogP contribution < -0.4 is 5.32 Å². The quantitative estimate of drug-likeness (QED) is 0.720. The summed E-state index contributed by atoms with van der Waals surface area (Å²) >= 11 is 0. The predicted octanol–water partition coefficient (Wildman–Crippen LogP) is 1.80. The van der Waals surface area contributed by atoms with Crippen LogP contribution in [0.25, 0.3) is 0 Å². The molecule has 2 nitrogen and oxygen atoms in total. The molecule has 76 valence electrons. The van der Waals surface area contributed by atoms with Crippen LogP contribution >= 0.6 is 0 Å². The van der Waals surface area contributed by atoms with E-state index >= 15 is 0 Å². The SMILES string of the molecule is CC1(C)CC1NCC1CCOCC1. The third-order valence-corrected chi connectivity index (χ3v) is 3.51. The second kappa shape index (κ2) is 3.58. The lowest BCUT2D eigenvalue weighted by Gasteiger charge is -2.22. The second-order valence-corrected chi connectivity index (χ2v) is 5.21. The maximum Gasteiger partial charge on any atom is 0.0469 e. The van der Waals surface area contributed by atoms with E-state index in [0.717, 1.165) is 25.2 Å². The zero-order valence-corrected chi connectivity index (χ0v) is 8.81. The third kappa shape index (κ3) is 2.44. The van der Waals surface area contributed by atoms with Gasteiger partial charge >= 0.3 is 0 Å². The van der Waals surface area contributed by atoms with Crippen molar-refractivity contribution in [3.8, 4) is 0 Å². The smallest absolute Gasteiger partial charge is 0.0469 e. The molecule has 0 amide bonds. The number of ether oxygens (including phenoxy) is 1. The molecule has 0 aromatic carbocycles. The Morgan fingerprint density at radius 3 is 2.46 bits per heavy atom. The molecule has 13 heavy (non-hydrogen) atoms. The molecule has 1 N–H and O–H groups in total. The van der Waals surface area contributed by atoms with Crippen molar-refractivity contribution in [2.24, 2.45) is 11.3 Å². The molecule has 1 heterocycles. The van der Waals surface area contributed by atoms with Crippen LogP contribution in [0, 0.1) is 11.3 Å². The van der Waals surface area contributed by atoms with Crippen molar-refractivity contribution in [2.45, 2.75) is 39.2 Å². The van der Waals surface area contributed by atoms with E-state index in [-0.39, 0.29) is 0 Å². The standard InChI is InChI=1S/C11H21NO/c1-11(2)7-10(11)12-8-9-3-5-13-6-4-9/h9-10,12H,3-8H2,1-2H3. The molecular weight excluding hydrogens is 162 g/mol. The number of rotatable bonds is 3. The van der Waals surface area contributed by atoms with Gasteiger partial charge in [0.2, 0.25) is 0 Å². The molecule has 0 aromatic rings. The molecule has 2 aliphatic rings. The minimum absolute atomic E-state index is 0.575. The van der Waals surface area contributed by atoms with Crippen molar-refractivity contribution >= 4 is 0 Å². The predicted molar refractivity (Wildman–Crippen MR) is 53.7 cm³/mol. The summed E-state index contributed by atoms with van der Waals surface area (Å²) in [4.78, 5) is 0. The van der Waals surface area contributed by atoms with Gasteiger partial charge < -0.3 is 10.1 Å². The van der Waals surface area contributed by atoms with E-state index in [0.29, 0.717) is 5.41 Å². The summed E-state index contributed by atoms with van der Waals surface area (Å²) in [5, 5.41) is 3.66. The summed E-state index contributed by atoms with van der Waals surface area (Å²) in [5.74, 6) is 0.866. The third-order valence-electron chi connectivity index (χ3n) is 3.51. The second-order valence-electron chi connectivity index (χ2n) is 5.21. The lowest BCUT2D eigenvalue weighted by molar-refractivity contribution is 0.0660. The van der Waals surface area contributed by atoms with Crippen LogP contribution in [-0.2, 0) is 4.74 Å². The molecule has 1 aliphatic heterocycles. The van der Waals surface area contributed by atoms with Crippen LogP contribution in [0.3, 0.4) is 0 Å². The van der Waals surface area contributed by atoms with Gasteiger partial charge in [0.05, 0.1) is 0 Å². The van der Waals surface area contributed by atoms with Crippen molar-refractivity contribution in [1.82, 2.24) is 5.32 Å². The molecule has 1 saturated heterocycles. The Labute approximate surface area is 81.0 Å². The van der Waals surface area contributed by atoms with E-state index in [4.69, 9.17) is 4.74 Å². The van der Waals surface area contributed by atoms with Gasteiger partial charge in [0.15, 0.2) is 0 Å². The lowest BCUT2D eigenvalue weighted by atomic mass is 10.0. The first-order valence-electron chi connectivity index (χ1n) is 5.49. The highest BCUT2D eigenvalue weighted by molar-refractivity contribution is 5.01. The minimum Gasteiger partial charge on any atom is -0.381 e. The van der Waals surface area contributed by atoms with E-state index in [1.807, 2.05) is 0 Å². The van der Waals surface area contributed by atoms with Crippen molar-refractivity contribution in [2.75, 3.05) is 19.8 Å². The highest BCUT2D eigenvalue weighted by atomic mass is 16.5. The van der Waals surface area contributed by atoms with Crippen molar-refractivity contribution in [1.29, 1.82) is 0 Å². The van der Waals surface area contributed by atoms with Crippen LogP contribution in [0.2, 0.25) is 0 Å². The van der Waals surface area contributed by atoms with Crippen LogP contribution in [0.15, 0.2) is 0 Å². The Balaban J connectivity index is 1.62. The Morgan fingerprint density at radius 2 is 1.92 bits per heavy atom. The zero-order chi connectivity index (χ0) is 9.31. The number of hydrogen-bond donors (Lipinski definition) is 1. The molecule has 2 fully saturated rings. The summed E-state index contributed by atoms with van der Waals surface area (Å²) in [5.41, 5.74) is 0.575. The fourth-order valence-electron chi connectivity index (χ4n) is 2.08. The zero-order valence-electron chi connectivity index (χ0n) is 8.81. The topological polar surface area (TPSA) is 21.3 Å². The summed E-state index contributed by atoms with van der Waals surface area (Å²) in [6.45, 7) is 7.83. The molecule has 0 bridgehead atoms. The summed E-state index contributed by atoms with van der Waals surface area (Å²) < 4.78 is 5.34. The molecule has 0 aromatic heterocycles. The Hall–Kier alpha value is -0.0800. The molecule has 0 spiro atoms. The van der Waals surface area contributed by atoms with E-state index in [1.54, 1.807) is 0 Å². The van der Waals surface area contributed by atoms with Crippen molar-refractivity contribution in [3.63, 3.8) is 0 Å². The van der Waals surface area contributed by atoms with Gasteiger partial charge in [0, 0.05) is 19.3 Å². The molecule has 1 unspecified atom stereocenters. The molecule has 1 saturated carbocycles. The number of hydrogen-bond acceptors (Lipinski definition) is 2. The minimum atomic E-state index is 0.575. The first kappa shape index (κ1) is 9.47. The molecule has 1 atom stereocenters. The normalized spacial score (nSPS) is 33.2. The fourth-order valence-corrected chi connectivity index (χ4v) is 2.08. The Morgan fingerprint density at radius 1 is 1.31 bits per heavy atom. The Kier molecular flexibility index (Phi) is 2.61. The van der Waals surface area contributed by atoms with Gasteiger partial charge in [0.1, 0.15) is 0 Å². The van der Waals surface area contributed by atoms with Gasteiger partial charge in [-0.05, 0) is 37.1 Å². The van der Waals surface area contributed by atoms with E-state index in [9.17, 15) is 0 Å². The highest BCUT2D eigenvalue weighted by Crippen LogP contribution is 2.44. The summed E-state index contributed by atoms with van der Waals surface area (Å²) in [6, 6.07) is 0.787. The molecule has 2 rings (SSSR count). The molecule has 2 heteroatoms. The van der Waals surface area contributed by atoms with Crippen LogP contribution in [0.5, 0.6) is 0 Å². The van der Waals surface area contributed by atoms with Crippen LogP contribution in [-0.4, -0.2) is 25.8 Å². The lowest BCUT2D eigenvalue weighted by Crippen LogP contribution is -2.30. The number of nitrogens with one attached hydrogen (secondary N) is 1. The van der Waals surface area contributed by atoms with E-state index in [1.165, 1.54) is 25.8 Å². The van der Waals surface area contributed by atoms with Crippen LogP contribution in [0.1, 0.15) is 33.1 Å². The fraction of sp³-hybridized carbons (Fsp3) is 1.00. The highest BCUT2D eigenvalue weighted by Gasteiger charge is 2.45. The van der Waals surface area contributed by atoms with Gasteiger partial charge in [-0.2, -0.15) is 0 Å². The van der Waals surface area contributed by atoms with Gasteiger partial charge in [-0.3, -0.25) is 0 Å².